The second-order valence-electron chi connectivity index (χ2n) is 1.99. The lowest BCUT2D eigenvalue weighted by molar-refractivity contribution is 0.977. The first-order valence-electron chi connectivity index (χ1n) is 3.06. The molecule has 0 spiro atoms. The van der Waals surface area contributed by atoms with E-state index < -0.39 is 0 Å². The van der Waals surface area contributed by atoms with Gasteiger partial charge < -0.3 is 0 Å². The van der Waals surface area contributed by atoms with E-state index in [1.54, 1.807) is 0 Å². The third-order valence-corrected chi connectivity index (χ3v) is 1.77. The SMILES string of the molecule is CSc1cc(C)nc(C#N)n1. The number of nitriles is 1. The van der Waals surface area contributed by atoms with Crippen molar-refractivity contribution in [3.05, 3.63) is 17.6 Å². The number of hydrogen-bond donors (Lipinski definition) is 0. The summed E-state index contributed by atoms with van der Waals surface area (Å²) in [5.41, 5.74) is 0.834. The number of aryl methyl sites for hydroxylation is 1. The van der Waals surface area contributed by atoms with Crippen molar-refractivity contribution in [1.29, 1.82) is 5.26 Å². The summed E-state index contributed by atoms with van der Waals surface area (Å²) >= 11 is 1.51. The van der Waals surface area contributed by atoms with Crippen LogP contribution in [0.25, 0.3) is 0 Å². The summed E-state index contributed by atoms with van der Waals surface area (Å²) in [7, 11) is 0. The van der Waals surface area contributed by atoms with Gasteiger partial charge in [-0.25, -0.2) is 9.97 Å². The topological polar surface area (TPSA) is 49.6 Å². The largest absolute Gasteiger partial charge is 0.233 e. The summed E-state index contributed by atoms with van der Waals surface area (Å²) in [6, 6.07) is 3.76. The monoisotopic (exact) mass is 165 g/mol. The Balaban J connectivity index is 3.15. The molecule has 1 aromatic rings. The highest BCUT2D eigenvalue weighted by molar-refractivity contribution is 7.98. The van der Waals surface area contributed by atoms with Gasteiger partial charge in [-0.3, -0.25) is 0 Å². The zero-order chi connectivity index (χ0) is 8.27. The minimum absolute atomic E-state index is 0.245. The molecule has 3 nitrogen and oxygen atoms in total. The quantitative estimate of drug-likeness (QED) is 0.466. The van der Waals surface area contributed by atoms with Gasteiger partial charge in [-0.05, 0) is 19.2 Å². The van der Waals surface area contributed by atoms with Crippen LogP contribution in [-0.2, 0) is 0 Å². The summed E-state index contributed by atoms with van der Waals surface area (Å²) in [5, 5.41) is 9.34. The van der Waals surface area contributed by atoms with E-state index in [1.807, 2.05) is 25.3 Å². The van der Waals surface area contributed by atoms with Gasteiger partial charge in [0.15, 0.2) is 0 Å². The van der Waals surface area contributed by atoms with Crippen LogP contribution >= 0.6 is 11.8 Å². The predicted molar refractivity (Wildman–Crippen MR) is 43.3 cm³/mol. The summed E-state index contributed by atoms with van der Waals surface area (Å²) in [6.45, 7) is 1.85. The van der Waals surface area contributed by atoms with Gasteiger partial charge in [0.05, 0.1) is 0 Å². The van der Waals surface area contributed by atoms with Gasteiger partial charge in [0.25, 0.3) is 0 Å². The van der Waals surface area contributed by atoms with E-state index in [4.69, 9.17) is 5.26 Å². The van der Waals surface area contributed by atoms with Crippen LogP contribution < -0.4 is 0 Å². The van der Waals surface area contributed by atoms with Crippen LogP contribution in [-0.4, -0.2) is 16.2 Å². The second kappa shape index (κ2) is 3.35. The highest BCUT2D eigenvalue weighted by atomic mass is 32.2. The molecular formula is C7H7N3S. The van der Waals surface area contributed by atoms with E-state index in [9.17, 15) is 0 Å². The maximum absolute atomic E-state index is 8.50. The average Bonchev–Trinajstić information content (AvgIpc) is 2.03. The Morgan fingerprint density at radius 1 is 1.55 bits per heavy atom. The van der Waals surface area contributed by atoms with Crippen LogP contribution in [0.4, 0.5) is 0 Å². The smallest absolute Gasteiger partial charge is 0.224 e. The van der Waals surface area contributed by atoms with Gasteiger partial charge in [-0.15, -0.1) is 11.8 Å². The molecule has 0 saturated heterocycles. The van der Waals surface area contributed by atoms with Gasteiger partial charge >= 0.3 is 0 Å². The van der Waals surface area contributed by atoms with E-state index in [0.717, 1.165) is 10.7 Å². The van der Waals surface area contributed by atoms with Gasteiger partial charge in [-0.2, -0.15) is 5.26 Å². The van der Waals surface area contributed by atoms with E-state index >= 15 is 0 Å². The number of rotatable bonds is 1. The third-order valence-electron chi connectivity index (χ3n) is 1.14. The molecule has 0 atom stereocenters. The molecular weight excluding hydrogens is 158 g/mol. The van der Waals surface area contributed by atoms with E-state index in [2.05, 4.69) is 9.97 Å². The van der Waals surface area contributed by atoms with Crippen LogP contribution in [0, 0.1) is 18.3 Å². The highest BCUT2D eigenvalue weighted by Crippen LogP contribution is 2.11. The average molecular weight is 165 g/mol. The lowest BCUT2D eigenvalue weighted by Crippen LogP contribution is -1.92. The molecule has 0 radical (unpaired) electrons. The minimum Gasteiger partial charge on any atom is -0.224 e. The third kappa shape index (κ3) is 1.92. The van der Waals surface area contributed by atoms with Crippen molar-refractivity contribution in [2.75, 3.05) is 6.26 Å². The summed E-state index contributed by atoms with van der Waals surface area (Å²) in [4.78, 5) is 7.88. The second-order valence-corrected chi connectivity index (χ2v) is 2.81. The Kier molecular flexibility index (Phi) is 2.44. The van der Waals surface area contributed by atoms with Gasteiger partial charge in [0.1, 0.15) is 11.1 Å². The number of aromatic nitrogens is 2. The maximum Gasteiger partial charge on any atom is 0.233 e. The fourth-order valence-electron chi connectivity index (χ4n) is 0.694. The summed E-state index contributed by atoms with van der Waals surface area (Å²) in [5.74, 6) is 0.245. The molecule has 0 aliphatic heterocycles. The summed E-state index contributed by atoms with van der Waals surface area (Å²) < 4.78 is 0. The van der Waals surface area contributed by atoms with Gasteiger partial charge in [-0.1, -0.05) is 0 Å². The molecule has 4 heteroatoms. The molecule has 0 aliphatic carbocycles. The van der Waals surface area contributed by atoms with E-state index in [1.165, 1.54) is 11.8 Å². The number of nitrogens with zero attached hydrogens (tertiary/aromatic N) is 3. The molecule has 0 aromatic carbocycles. The molecule has 1 rings (SSSR count). The van der Waals surface area contributed by atoms with Crippen LogP contribution in [0.1, 0.15) is 11.5 Å². The molecule has 0 aliphatic rings. The Morgan fingerprint density at radius 2 is 2.27 bits per heavy atom. The predicted octanol–water partition coefficient (Wildman–Crippen LogP) is 1.38. The fourth-order valence-corrected chi connectivity index (χ4v) is 1.16. The van der Waals surface area contributed by atoms with Crippen LogP contribution in [0.3, 0.4) is 0 Å². The Bertz CT molecular complexity index is 303. The standard InChI is InChI=1S/C7H7N3S/c1-5-3-7(11-2)10-6(4-8)9-5/h3H,1-2H3. The first-order chi connectivity index (χ1) is 5.26. The summed E-state index contributed by atoms with van der Waals surface area (Å²) in [6.07, 6.45) is 1.92. The highest BCUT2D eigenvalue weighted by Gasteiger charge is 1.98. The first kappa shape index (κ1) is 8.02. The molecule has 0 N–H and O–H groups in total. The van der Waals surface area contributed by atoms with Crippen LogP contribution in [0.15, 0.2) is 11.1 Å². The van der Waals surface area contributed by atoms with Crippen molar-refractivity contribution in [2.24, 2.45) is 0 Å². The Labute approximate surface area is 69.5 Å². The molecule has 1 aromatic heterocycles. The van der Waals surface area contributed by atoms with Crippen LogP contribution in [0.2, 0.25) is 0 Å². The Hall–Kier alpha value is -1.08. The number of hydrogen-bond acceptors (Lipinski definition) is 4. The van der Waals surface area contributed by atoms with E-state index in [0.29, 0.717) is 0 Å². The lowest BCUT2D eigenvalue weighted by atomic mass is 10.4. The molecule has 11 heavy (non-hydrogen) atoms. The van der Waals surface area contributed by atoms with Gasteiger partial charge in [0.2, 0.25) is 5.82 Å². The van der Waals surface area contributed by atoms with Crippen LogP contribution in [0.5, 0.6) is 0 Å². The molecule has 1 heterocycles. The molecule has 0 saturated carbocycles. The van der Waals surface area contributed by atoms with E-state index in [-0.39, 0.29) is 5.82 Å². The zero-order valence-electron chi connectivity index (χ0n) is 6.33. The molecule has 0 fully saturated rings. The van der Waals surface area contributed by atoms with Crippen molar-refractivity contribution < 1.29 is 0 Å². The fraction of sp³-hybridized carbons (Fsp3) is 0.286. The molecule has 0 amide bonds. The van der Waals surface area contributed by atoms with Crippen molar-refractivity contribution in [2.45, 2.75) is 11.9 Å². The van der Waals surface area contributed by atoms with Crippen molar-refractivity contribution in [1.82, 2.24) is 9.97 Å². The van der Waals surface area contributed by atoms with Crippen molar-refractivity contribution >= 4 is 11.8 Å². The normalized spacial score (nSPS) is 9.18. The lowest BCUT2D eigenvalue weighted by Gasteiger charge is -1.96. The molecule has 56 valence electrons. The van der Waals surface area contributed by atoms with Gasteiger partial charge in [0, 0.05) is 5.69 Å². The van der Waals surface area contributed by atoms with Crippen molar-refractivity contribution in [3.8, 4) is 6.07 Å². The van der Waals surface area contributed by atoms with Crippen molar-refractivity contribution in [3.63, 3.8) is 0 Å². The first-order valence-corrected chi connectivity index (χ1v) is 4.28. The Morgan fingerprint density at radius 3 is 2.82 bits per heavy atom. The maximum atomic E-state index is 8.50. The zero-order valence-corrected chi connectivity index (χ0v) is 7.14. The minimum atomic E-state index is 0.245. The molecule has 0 bridgehead atoms. The molecule has 0 unspecified atom stereocenters. The number of thioether (sulfide) groups is 1.